The van der Waals surface area contributed by atoms with E-state index < -0.39 is 8.32 Å². The van der Waals surface area contributed by atoms with Crippen molar-refractivity contribution in [3.05, 3.63) is 26.2 Å². The van der Waals surface area contributed by atoms with Crippen LogP contribution < -0.4 is 5.19 Å². The molecule has 0 N–H and O–H groups in total. The summed E-state index contributed by atoms with van der Waals surface area (Å²) in [6.45, 7) is 3.92. The number of hydrogen-bond acceptors (Lipinski definition) is 1. The van der Waals surface area contributed by atoms with Crippen LogP contribution in [-0.4, -0.2) is 18.8 Å². The molecule has 1 nitrogen and oxygen atoms in total. The van der Waals surface area contributed by atoms with Gasteiger partial charge in [-0.15, -0.1) is 0 Å². The van der Waals surface area contributed by atoms with Crippen LogP contribution in [0.3, 0.4) is 0 Å². The van der Waals surface area contributed by atoms with Crippen molar-refractivity contribution in [2.75, 3.05) is 0 Å². The van der Waals surface area contributed by atoms with Crippen LogP contribution in [0.4, 0.5) is 0 Å². The Hall–Kier alpha value is 0.774. The molecule has 0 aromatic heterocycles. The topological polar surface area (TPSA) is 9.23 Å². The molecule has 81 valence electrons. The summed E-state index contributed by atoms with van der Waals surface area (Å²) in [6, 6.07) is 1.70. The van der Waals surface area contributed by atoms with Gasteiger partial charge in [0.2, 0.25) is 18.8 Å². The Kier molecular flexibility index (Phi) is 4.57. The zero-order valence-corrected chi connectivity index (χ0v) is 13.0. The maximum Gasteiger partial charge on any atom is 0.230 e. The maximum absolute atomic E-state index is 6.09. The minimum Gasteiger partial charge on any atom is -0.454 e. The molecular formula is C8H7Cl4OSi2. The Morgan fingerprint density at radius 1 is 1.07 bits per heavy atom. The average molecular weight is 317 g/mol. The van der Waals surface area contributed by atoms with Crippen molar-refractivity contribution >= 4 is 70.4 Å². The summed E-state index contributed by atoms with van der Waals surface area (Å²) in [5.41, 5.74) is 0. The van der Waals surface area contributed by atoms with Crippen molar-refractivity contribution in [2.24, 2.45) is 0 Å². The van der Waals surface area contributed by atoms with Crippen LogP contribution in [-0.2, 0) is 4.12 Å². The molecule has 0 aliphatic heterocycles. The second kappa shape index (κ2) is 4.96. The van der Waals surface area contributed by atoms with Gasteiger partial charge in [0, 0.05) is 0 Å². The normalized spacial score (nSPS) is 11.9. The lowest BCUT2D eigenvalue weighted by Crippen LogP contribution is -2.45. The number of benzene rings is 1. The third-order valence-corrected chi connectivity index (χ3v) is 7.65. The minimum atomic E-state index is -2.13. The van der Waals surface area contributed by atoms with Gasteiger partial charge in [0.1, 0.15) is 0 Å². The van der Waals surface area contributed by atoms with Crippen molar-refractivity contribution < 1.29 is 4.12 Å². The van der Waals surface area contributed by atoms with Gasteiger partial charge in [-0.2, -0.15) is 0 Å². The third-order valence-electron chi connectivity index (χ3n) is 2.01. The molecule has 1 aromatic carbocycles. The summed E-state index contributed by atoms with van der Waals surface area (Å²) in [4.78, 5) is 0. The van der Waals surface area contributed by atoms with Crippen molar-refractivity contribution in [1.29, 1.82) is 0 Å². The summed E-state index contributed by atoms with van der Waals surface area (Å²) in [5, 5.41) is 2.13. The second-order valence-electron chi connectivity index (χ2n) is 3.46. The predicted molar refractivity (Wildman–Crippen MR) is 70.4 cm³/mol. The maximum atomic E-state index is 6.09. The highest BCUT2D eigenvalue weighted by molar-refractivity contribution is 6.88. The summed E-state index contributed by atoms with van der Waals surface area (Å²) >= 11 is 23.8. The number of halogens is 4. The quantitative estimate of drug-likeness (QED) is 0.458. The van der Waals surface area contributed by atoms with Gasteiger partial charge >= 0.3 is 0 Å². The molecule has 0 aliphatic rings. The Morgan fingerprint density at radius 3 is 2.07 bits per heavy atom. The zero-order valence-electron chi connectivity index (χ0n) is 8.00. The Morgan fingerprint density at radius 2 is 1.60 bits per heavy atom. The van der Waals surface area contributed by atoms with Crippen LogP contribution >= 0.6 is 46.4 Å². The van der Waals surface area contributed by atoms with Crippen LogP contribution in [0.2, 0.25) is 33.2 Å². The summed E-state index contributed by atoms with van der Waals surface area (Å²) in [6.07, 6.45) is 0. The monoisotopic (exact) mass is 315 g/mol. The lowest BCUT2D eigenvalue weighted by Gasteiger charge is -2.23. The molecule has 0 atom stereocenters. The van der Waals surface area contributed by atoms with Crippen LogP contribution in [0.5, 0.6) is 0 Å². The smallest absolute Gasteiger partial charge is 0.230 e. The fourth-order valence-electron chi connectivity index (χ4n) is 1.07. The minimum absolute atomic E-state index is 0.269. The van der Waals surface area contributed by atoms with Gasteiger partial charge < -0.3 is 4.12 Å². The van der Waals surface area contributed by atoms with Gasteiger partial charge in [-0.05, 0) is 24.3 Å². The lowest BCUT2D eigenvalue weighted by molar-refractivity contribution is 0.628. The molecule has 15 heavy (non-hydrogen) atoms. The van der Waals surface area contributed by atoms with E-state index in [0.717, 1.165) is 5.19 Å². The van der Waals surface area contributed by atoms with Gasteiger partial charge in [-0.3, -0.25) is 0 Å². The van der Waals surface area contributed by atoms with E-state index >= 15 is 0 Å². The molecule has 0 bridgehead atoms. The molecule has 1 aromatic rings. The summed E-state index contributed by atoms with van der Waals surface area (Å²) < 4.78 is 5.25. The third kappa shape index (κ3) is 2.72. The van der Waals surface area contributed by atoms with Gasteiger partial charge in [0.25, 0.3) is 0 Å². The highest BCUT2D eigenvalue weighted by Gasteiger charge is 2.29. The standard InChI is InChI=1S/C8H7Cl4OSi2/c1-15(2,13-14)5-3-4(9)6(10)8(12)7(5)11/h3H,1-2H3. The Bertz CT molecular complexity index is 395. The first kappa shape index (κ1) is 13.8. The SMILES string of the molecule is C[Si](C)(O[Si])c1cc(Cl)c(Cl)c(Cl)c1Cl. The van der Waals surface area contributed by atoms with Crippen LogP contribution in [0.1, 0.15) is 0 Å². The van der Waals surface area contributed by atoms with E-state index in [1.165, 1.54) is 0 Å². The van der Waals surface area contributed by atoms with E-state index in [9.17, 15) is 0 Å². The van der Waals surface area contributed by atoms with E-state index in [2.05, 4.69) is 10.5 Å². The van der Waals surface area contributed by atoms with Gasteiger partial charge in [0.15, 0.2) is 0 Å². The van der Waals surface area contributed by atoms with E-state index in [0.29, 0.717) is 10.0 Å². The first-order valence-electron chi connectivity index (χ1n) is 3.99. The molecule has 0 amide bonds. The fourth-order valence-corrected chi connectivity index (χ4v) is 4.31. The van der Waals surface area contributed by atoms with E-state index in [1.807, 2.05) is 13.1 Å². The van der Waals surface area contributed by atoms with Crippen LogP contribution in [0.15, 0.2) is 6.07 Å². The first-order chi connectivity index (χ1) is 6.81. The Labute approximate surface area is 113 Å². The first-order valence-corrected chi connectivity index (χ1v) is 8.82. The number of rotatable bonds is 2. The molecule has 1 rings (SSSR count). The molecule has 0 spiro atoms. The Balaban J connectivity index is 3.45. The van der Waals surface area contributed by atoms with Crippen molar-refractivity contribution in [1.82, 2.24) is 0 Å². The summed E-state index contributed by atoms with van der Waals surface area (Å²) in [5.74, 6) is 0. The second-order valence-corrected chi connectivity index (χ2v) is 9.38. The van der Waals surface area contributed by atoms with E-state index in [1.54, 1.807) is 6.07 Å². The predicted octanol–water partition coefficient (Wildman–Crippen LogP) is 3.81. The van der Waals surface area contributed by atoms with Gasteiger partial charge in [-0.1, -0.05) is 46.4 Å². The fraction of sp³-hybridized carbons (Fsp3) is 0.250. The van der Waals surface area contributed by atoms with E-state index in [-0.39, 0.29) is 10.0 Å². The molecule has 7 heteroatoms. The largest absolute Gasteiger partial charge is 0.454 e. The molecule has 0 saturated carbocycles. The molecule has 3 radical (unpaired) electrons. The average Bonchev–Trinajstić information content (AvgIpc) is 2.20. The molecule has 0 fully saturated rings. The molecule has 0 saturated heterocycles. The van der Waals surface area contributed by atoms with Crippen LogP contribution in [0.25, 0.3) is 0 Å². The number of hydrogen-bond donors (Lipinski definition) is 0. The van der Waals surface area contributed by atoms with Gasteiger partial charge in [0.05, 0.1) is 20.1 Å². The van der Waals surface area contributed by atoms with E-state index in [4.69, 9.17) is 50.5 Å². The van der Waals surface area contributed by atoms with Crippen molar-refractivity contribution in [3.8, 4) is 0 Å². The zero-order chi connectivity index (χ0) is 11.8. The highest BCUT2D eigenvalue weighted by Crippen LogP contribution is 2.35. The van der Waals surface area contributed by atoms with Crippen molar-refractivity contribution in [2.45, 2.75) is 13.1 Å². The summed E-state index contributed by atoms with van der Waals surface area (Å²) in [7, 11) is 0.913. The molecular weight excluding hydrogens is 310 g/mol. The highest BCUT2D eigenvalue weighted by atomic mass is 35.5. The van der Waals surface area contributed by atoms with Crippen LogP contribution in [0, 0.1) is 0 Å². The molecule has 0 aliphatic carbocycles. The molecule has 0 unspecified atom stereocenters. The van der Waals surface area contributed by atoms with Gasteiger partial charge in [-0.25, -0.2) is 0 Å². The lowest BCUT2D eigenvalue weighted by atomic mass is 10.3. The molecule has 0 heterocycles. The van der Waals surface area contributed by atoms with Crippen molar-refractivity contribution in [3.63, 3.8) is 0 Å².